The minimum Gasteiger partial charge on any atom is -0.379 e. The molecular formula is C29H37N9O3S. The molecule has 0 aromatic carbocycles. The van der Waals surface area contributed by atoms with Crippen LogP contribution < -0.4 is 10.6 Å². The summed E-state index contributed by atoms with van der Waals surface area (Å²) in [6.07, 6.45) is 6.13. The predicted molar refractivity (Wildman–Crippen MR) is 162 cm³/mol. The molecule has 4 aromatic heterocycles. The average Bonchev–Trinajstić information content (AvgIpc) is 3.90. The molecule has 222 valence electrons. The summed E-state index contributed by atoms with van der Waals surface area (Å²) >= 11 is 1.30. The van der Waals surface area contributed by atoms with Gasteiger partial charge >= 0.3 is 0 Å². The Labute approximate surface area is 248 Å². The fourth-order valence-corrected chi connectivity index (χ4v) is 6.84. The fraction of sp³-hybridized carbons (Fsp3) is 0.552. The number of ether oxygens (including phenoxy) is 1. The molecule has 0 radical (unpaired) electrons. The number of aromatic nitrogens is 5. The van der Waals surface area contributed by atoms with Gasteiger partial charge in [0.15, 0.2) is 10.9 Å². The maximum atomic E-state index is 13.8. The lowest BCUT2D eigenvalue weighted by Crippen LogP contribution is -2.41. The molecule has 7 rings (SSSR count). The van der Waals surface area contributed by atoms with Crippen LogP contribution >= 0.6 is 11.3 Å². The molecule has 0 spiro atoms. The van der Waals surface area contributed by atoms with Crippen molar-refractivity contribution in [3.05, 3.63) is 28.7 Å². The molecule has 42 heavy (non-hydrogen) atoms. The molecule has 0 atom stereocenters. The zero-order valence-corrected chi connectivity index (χ0v) is 25.2. The van der Waals surface area contributed by atoms with E-state index in [4.69, 9.17) is 9.72 Å². The quantitative estimate of drug-likeness (QED) is 0.288. The van der Waals surface area contributed by atoms with Gasteiger partial charge in [0.05, 0.1) is 30.8 Å². The summed E-state index contributed by atoms with van der Waals surface area (Å²) < 4.78 is 9.39. The lowest BCUT2D eigenvalue weighted by atomic mass is 10.2. The van der Waals surface area contributed by atoms with Crippen LogP contribution in [0.2, 0.25) is 0 Å². The topological polar surface area (TPSA) is 122 Å². The van der Waals surface area contributed by atoms with Gasteiger partial charge in [-0.15, -0.1) is 0 Å². The normalized spacial score (nSPS) is 17.7. The largest absolute Gasteiger partial charge is 0.379 e. The zero-order chi connectivity index (χ0) is 29.0. The van der Waals surface area contributed by atoms with Crippen LogP contribution in [-0.2, 0) is 18.3 Å². The molecule has 0 unspecified atom stereocenters. The smallest absolute Gasteiger partial charge is 0.271 e. The van der Waals surface area contributed by atoms with Gasteiger partial charge in [-0.3, -0.25) is 14.5 Å². The summed E-state index contributed by atoms with van der Waals surface area (Å²) in [5, 5.41) is 7.87. The number of fused-ring (bicyclic) bond motifs is 3. The number of nitrogens with zero attached hydrogens (tertiary/aromatic N) is 7. The molecule has 2 saturated carbocycles. The van der Waals surface area contributed by atoms with Crippen molar-refractivity contribution in [1.82, 2.24) is 39.2 Å². The van der Waals surface area contributed by atoms with Crippen molar-refractivity contribution in [2.45, 2.75) is 58.2 Å². The number of morpholine rings is 1. The SMILES string of the molecule is CCn1c(C(=O)N(C2CC2)C2CC2)cc2c3c(ncn3C)c(Nc3nc(C)c(C(=O)NCCN4CCOCC4)s3)nc21. The van der Waals surface area contributed by atoms with E-state index in [2.05, 4.69) is 30.4 Å². The van der Waals surface area contributed by atoms with Gasteiger partial charge in [0.1, 0.15) is 21.7 Å². The Bertz CT molecular complexity index is 1650. The second kappa shape index (κ2) is 10.9. The molecule has 0 bridgehead atoms. The average molecular weight is 592 g/mol. The van der Waals surface area contributed by atoms with Crippen LogP contribution in [0, 0.1) is 6.92 Å². The van der Waals surface area contributed by atoms with Gasteiger partial charge < -0.3 is 29.4 Å². The maximum absolute atomic E-state index is 13.8. The molecule has 3 fully saturated rings. The van der Waals surface area contributed by atoms with Gasteiger partial charge in [-0.2, -0.15) is 0 Å². The summed E-state index contributed by atoms with van der Waals surface area (Å²) in [6.45, 7) is 9.12. The highest BCUT2D eigenvalue weighted by Gasteiger charge is 2.43. The van der Waals surface area contributed by atoms with Gasteiger partial charge in [-0.05, 0) is 45.6 Å². The second-order valence-corrected chi connectivity index (χ2v) is 12.5. The standard InChI is InChI=1S/C29H37N9O3S/c1-4-37-21(28(40)38(18-5-6-18)19-7-8-19)15-20-23-22(31-16-35(23)3)25(33-26(20)37)34-29-32-17(2)24(42-29)27(39)30-9-10-36-11-13-41-14-12-36/h15-16,18-19H,4-14H2,1-3H3,(H,30,39)(H,32,33,34). The van der Waals surface area contributed by atoms with E-state index in [1.165, 1.54) is 11.3 Å². The Morgan fingerprint density at radius 1 is 1.14 bits per heavy atom. The van der Waals surface area contributed by atoms with Crippen molar-refractivity contribution < 1.29 is 14.3 Å². The first-order valence-electron chi connectivity index (χ1n) is 14.9. The summed E-state index contributed by atoms with van der Waals surface area (Å²) in [5.74, 6) is 0.528. The van der Waals surface area contributed by atoms with Crippen LogP contribution in [-0.4, -0.2) is 97.2 Å². The molecule has 5 heterocycles. The van der Waals surface area contributed by atoms with Crippen molar-refractivity contribution in [2.24, 2.45) is 7.05 Å². The van der Waals surface area contributed by atoms with Crippen LogP contribution in [0.25, 0.3) is 22.1 Å². The number of hydrogen-bond acceptors (Lipinski definition) is 9. The van der Waals surface area contributed by atoms with Crippen LogP contribution in [0.3, 0.4) is 0 Å². The molecule has 13 heteroatoms. The number of thiazole rings is 1. The number of aryl methyl sites for hydroxylation is 3. The van der Waals surface area contributed by atoms with Gasteiger partial charge in [0, 0.05) is 57.2 Å². The lowest BCUT2D eigenvalue weighted by Gasteiger charge is -2.26. The van der Waals surface area contributed by atoms with E-state index in [0.29, 0.717) is 57.9 Å². The van der Waals surface area contributed by atoms with Crippen LogP contribution in [0.5, 0.6) is 0 Å². The van der Waals surface area contributed by atoms with Crippen LogP contribution in [0.1, 0.15) is 58.5 Å². The number of pyridine rings is 1. The van der Waals surface area contributed by atoms with E-state index in [9.17, 15) is 9.59 Å². The molecule has 2 aliphatic carbocycles. The third kappa shape index (κ3) is 5.03. The van der Waals surface area contributed by atoms with Crippen molar-refractivity contribution >= 4 is 56.2 Å². The molecule has 1 saturated heterocycles. The van der Waals surface area contributed by atoms with E-state index in [1.54, 1.807) is 6.33 Å². The van der Waals surface area contributed by atoms with Crippen LogP contribution in [0.4, 0.5) is 10.9 Å². The number of imidazole rings is 1. The fourth-order valence-electron chi connectivity index (χ4n) is 5.96. The number of hydrogen-bond donors (Lipinski definition) is 2. The molecule has 2 amide bonds. The molecular weight excluding hydrogens is 554 g/mol. The second-order valence-electron chi connectivity index (χ2n) is 11.5. The van der Waals surface area contributed by atoms with Gasteiger partial charge in [0.2, 0.25) is 0 Å². The number of anilines is 2. The Morgan fingerprint density at radius 2 is 1.88 bits per heavy atom. The minimum absolute atomic E-state index is 0.101. The number of amides is 2. The number of carbonyl (C=O) groups is 2. The summed E-state index contributed by atoms with van der Waals surface area (Å²) in [4.78, 5) is 46.1. The third-order valence-electron chi connectivity index (χ3n) is 8.40. The van der Waals surface area contributed by atoms with Gasteiger partial charge in [0.25, 0.3) is 11.8 Å². The van der Waals surface area contributed by atoms with Crippen molar-refractivity contribution in [3.8, 4) is 0 Å². The van der Waals surface area contributed by atoms with Crippen molar-refractivity contribution in [1.29, 1.82) is 0 Å². The van der Waals surface area contributed by atoms with E-state index < -0.39 is 0 Å². The highest BCUT2D eigenvalue weighted by Crippen LogP contribution is 2.40. The Morgan fingerprint density at radius 3 is 2.57 bits per heavy atom. The molecule has 1 aliphatic heterocycles. The number of rotatable bonds is 10. The lowest BCUT2D eigenvalue weighted by molar-refractivity contribution is 0.0383. The van der Waals surface area contributed by atoms with Crippen molar-refractivity contribution in [3.63, 3.8) is 0 Å². The van der Waals surface area contributed by atoms with E-state index in [0.717, 1.165) is 75.1 Å². The molecule has 4 aromatic rings. The van der Waals surface area contributed by atoms with Crippen molar-refractivity contribution in [2.75, 3.05) is 44.7 Å². The Balaban J connectivity index is 1.17. The Kier molecular flexibility index (Phi) is 7.11. The first-order chi connectivity index (χ1) is 20.4. The first-order valence-corrected chi connectivity index (χ1v) is 15.7. The maximum Gasteiger partial charge on any atom is 0.271 e. The molecule has 3 aliphatic rings. The van der Waals surface area contributed by atoms with Crippen LogP contribution in [0.15, 0.2) is 12.4 Å². The minimum atomic E-state index is -0.128. The zero-order valence-electron chi connectivity index (χ0n) is 24.4. The molecule has 2 N–H and O–H groups in total. The summed E-state index contributed by atoms with van der Waals surface area (Å²) in [5.41, 5.74) is 3.68. The van der Waals surface area contributed by atoms with E-state index >= 15 is 0 Å². The van der Waals surface area contributed by atoms with Gasteiger partial charge in [-0.25, -0.2) is 15.0 Å². The van der Waals surface area contributed by atoms with E-state index in [-0.39, 0.29) is 11.8 Å². The number of nitrogens with one attached hydrogen (secondary N) is 2. The summed E-state index contributed by atoms with van der Waals surface area (Å²) in [7, 11) is 1.96. The highest BCUT2D eigenvalue weighted by molar-refractivity contribution is 7.17. The van der Waals surface area contributed by atoms with E-state index in [1.807, 2.05) is 36.1 Å². The van der Waals surface area contributed by atoms with Gasteiger partial charge in [-0.1, -0.05) is 11.3 Å². The number of carbonyl (C=O) groups excluding carboxylic acids is 2. The highest BCUT2D eigenvalue weighted by atomic mass is 32.1. The summed E-state index contributed by atoms with van der Waals surface area (Å²) in [6, 6.07) is 2.73. The monoisotopic (exact) mass is 591 g/mol. The third-order valence-corrected chi connectivity index (χ3v) is 9.47. The Hall–Kier alpha value is -3.55. The first kappa shape index (κ1) is 27.3. The molecule has 12 nitrogen and oxygen atoms in total. The predicted octanol–water partition coefficient (Wildman–Crippen LogP) is 3.28.